The van der Waals surface area contributed by atoms with E-state index in [9.17, 15) is 4.79 Å². The minimum absolute atomic E-state index is 0.347. The summed E-state index contributed by atoms with van der Waals surface area (Å²) in [5.74, 6) is -0.347. The van der Waals surface area contributed by atoms with Crippen molar-refractivity contribution in [1.82, 2.24) is 4.98 Å². The number of fused-ring (bicyclic) bond motifs is 2. The van der Waals surface area contributed by atoms with Crippen LogP contribution in [0.15, 0.2) is 42.5 Å². The van der Waals surface area contributed by atoms with Crippen molar-refractivity contribution in [2.24, 2.45) is 0 Å². The van der Waals surface area contributed by atoms with Crippen molar-refractivity contribution in [1.29, 1.82) is 0 Å². The van der Waals surface area contributed by atoms with Gasteiger partial charge in [-0.15, -0.1) is 0 Å². The highest BCUT2D eigenvalue weighted by Crippen LogP contribution is 2.26. The van der Waals surface area contributed by atoms with Crippen LogP contribution in [0.25, 0.3) is 21.8 Å². The third kappa shape index (κ3) is 2.80. The Morgan fingerprint density at radius 1 is 1.14 bits per heavy atom. The van der Waals surface area contributed by atoms with Crippen molar-refractivity contribution in [3.05, 3.63) is 53.6 Å². The van der Waals surface area contributed by atoms with Crippen LogP contribution in [0.4, 0.5) is 0 Å². The van der Waals surface area contributed by atoms with Crippen LogP contribution in [-0.2, 0) is 11.2 Å². The van der Waals surface area contributed by atoms with E-state index < -0.39 is 0 Å². The molecule has 3 aromatic rings. The lowest BCUT2D eigenvalue weighted by Crippen LogP contribution is -2.04. The van der Waals surface area contributed by atoms with E-state index in [0.29, 0.717) is 5.56 Å². The van der Waals surface area contributed by atoms with E-state index in [2.05, 4.69) is 18.0 Å². The van der Waals surface area contributed by atoms with Gasteiger partial charge in [0.2, 0.25) is 0 Å². The number of pyridine rings is 1. The van der Waals surface area contributed by atoms with Crippen LogP contribution in [-0.4, -0.2) is 18.1 Å². The Morgan fingerprint density at radius 2 is 1.86 bits per heavy atom. The van der Waals surface area contributed by atoms with Gasteiger partial charge in [-0.3, -0.25) is 0 Å². The molecule has 0 fully saturated rings. The number of methoxy groups -OCH3 is 1. The summed E-state index contributed by atoms with van der Waals surface area (Å²) in [5.41, 5.74) is 3.31. The Kier molecular flexibility index (Phi) is 5.10. The quantitative estimate of drug-likeness (QED) is 0.505. The minimum atomic E-state index is -0.347. The summed E-state index contributed by atoms with van der Waals surface area (Å²) in [6.45, 7) is 6.10. The molecule has 114 valence electrons. The van der Waals surface area contributed by atoms with Gasteiger partial charge in [0, 0.05) is 10.8 Å². The first-order valence-electron chi connectivity index (χ1n) is 7.64. The monoisotopic (exact) mass is 295 g/mol. The highest BCUT2D eigenvalue weighted by molar-refractivity contribution is 6.06. The number of hydrogen-bond donors (Lipinski definition) is 0. The molecule has 0 amide bonds. The molecule has 0 saturated carbocycles. The molecule has 0 radical (unpaired) electrons. The molecule has 1 aromatic heterocycles. The number of ether oxygens (including phenoxy) is 1. The molecule has 0 spiro atoms. The van der Waals surface area contributed by atoms with Crippen LogP contribution < -0.4 is 0 Å². The van der Waals surface area contributed by atoms with Gasteiger partial charge in [0.15, 0.2) is 0 Å². The molecule has 3 rings (SSSR count). The molecule has 0 bridgehead atoms. The van der Waals surface area contributed by atoms with E-state index in [-0.39, 0.29) is 5.97 Å². The number of hydrogen-bond acceptors (Lipinski definition) is 3. The fourth-order valence-corrected chi connectivity index (χ4v) is 2.50. The van der Waals surface area contributed by atoms with E-state index in [4.69, 9.17) is 4.74 Å². The first-order chi connectivity index (χ1) is 10.7. The molecule has 0 unspecified atom stereocenters. The number of benzene rings is 2. The Balaban J connectivity index is 0.000000847. The van der Waals surface area contributed by atoms with Crippen LogP contribution in [0.2, 0.25) is 0 Å². The van der Waals surface area contributed by atoms with Gasteiger partial charge in [0.25, 0.3) is 0 Å². The van der Waals surface area contributed by atoms with Crippen LogP contribution in [0.1, 0.15) is 36.7 Å². The molecular weight excluding hydrogens is 274 g/mol. The van der Waals surface area contributed by atoms with Gasteiger partial charge in [-0.1, -0.05) is 45.0 Å². The predicted molar refractivity (Wildman–Crippen MR) is 91.3 cm³/mol. The fourth-order valence-electron chi connectivity index (χ4n) is 2.50. The number of para-hydroxylation sites is 1. The first-order valence-corrected chi connectivity index (χ1v) is 7.64. The van der Waals surface area contributed by atoms with E-state index in [1.807, 2.05) is 44.2 Å². The molecule has 22 heavy (non-hydrogen) atoms. The van der Waals surface area contributed by atoms with Crippen molar-refractivity contribution in [2.75, 3.05) is 7.11 Å². The Bertz CT molecular complexity index is 809. The zero-order valence-electron chi connectivity index (χ0n) is 13.5. The predicted octanol–water partition coefficient (Wildman–Crippen LogP) is 4.76. The Labute approximate surface area is 130 Å². The molecule has 2 aromatic carbocycles. The van der Waals surface area contributed by atoms with E-state index in [0.717, 1.165) is 28.2 Å². The zero-order valence-corrected chi connectivity index (χ0v) is 13.5. The standard InChI is InChI=1S/C17H15NO2.C2H6/c1-3-11-8-9-13(17(19)20-2)16-14(11)10-12-6-4-5-7-15(12)18-16;1-2/h4-10H,3H2,1-2H3;1-2H3. The highest BCUT2D eigenvalue weighted by Gasteiger charge is 2.14. The molecule has 0 aliphatic carbocycles. The minimum Gasteiger partial charge on any atom is -0.465 e. The maximum Gasteiger partial charge on any atom is 0.340 e. The molecular formula is C19H21NO2. The topological polar surface area (TPSA) is 39.2 Å². The molecule has 0 atom stereocenters. The van der Waals surface area contributed by atoms with Crippen molar-refractivity contribution in [3.8, 4) is 0 Å². The lowest BCUT2D eigenvalue weighted by Gasteiger charge is -2.09. The van der Waals surface area contributed by atoms with Crippen LogP contribution in [0, 0.1) is 0 Å². The molecule has 0 saturated heterocycles. The van der Waals surface area contributed by atoms with Gasteiger partial charge < -0.3 is 4.74 Å². The Hall–Kier alpha value is -2.42. The number of nitrogens with zero attached hydrogens (tertiary/aromatic N) is 1. The van der Waals surface area contributed by atoms with Gasteiger partial charge in [0.1, 0.15) is 0 Å². The van der Waals surface area contributed by atoms with Crippen LogP contribution in [0.3, 0.4) is 0 Å². The van der Waals surface area contributed by atoms with Crippen molar-refractivity contribution >= 4 is 27.8 Å². The van der Waals surface area contributed by atoms with Crippen molar-refractivity contribution < 1.29 is 9.53 Å². The number of carbonyl (C=O) groups excluding carboxylic acids is 1. The summed E-state index contributed by atoms with van der Waals surface area (Å²) < 4.78 is 4.85. The SMILES string of the molecule is CC.CCc1ccc(C(=O)OC)c2nc3ccccc3cc12. The average molecular weight is 295 g/mol. The van der Waals surface area contributed by atoms with Gasteiger partial charge in [-0.25, -0.2) is 9.78 Å². The first kappa shape index (κ1) is 16.0. The summed E-state index contributed by atoms with van der Waals surface area (Å²) in [5, 5.41) is 2.10. The summed E-state index contributed by atoms with van der Waals surface area (Å²) >= 11 is 0. The van der Waals surface area contributed by atoms with Crippen LogP contribution in [0.5, 0.6) is 0 Å². The molecule has 3 nitrogen and oxygen atoms in total. The molecule has 3 heteroatoms. The molecule has 0 N–H and O–H groups in total. The van der Waals surface area contributed by atoms with E-state index in [1.54, 1.807) is 6.07 Å². The number of esters is 1. The second-order valence-corrected chi connectivity index (χ2v) is 4.69. The van der Waals surface area contributed by atoms with Gasteiger partial charge in [-0.05, 0) is 30.2 Å². The molecule has 0 aliphatic rings. The van der Waals surface area contributed by atoms with E-state index in [1.165, 1.54) is 12.7 Å². The maximum atomic E-state index is 11.9. The smallest absolute Gasteiger partial charge is 0.340 e. The summed E-state index contributed by atoms with van der Waals surface area (Å²) in [6.07, 6.45) is 0.901. The van der Waals surface area contributed by atoms with Crippen molar-refractivity contribution in [3.63, 3.8) is 0 Å². The number of aryl methyl sites for hydroxylation is 1. The van der Waals surface area contributed by atoms with Gasteiger partial charge in [0.05, 0.1) is 23.7 Å². The average Bonchev–Trinajstić information content (AvgIpc) is 2.60. The summed E-state index contributed by atoms with van der Waals surface area (Å²) in [6, 6.07) is 13.8. The third-order valence-corrected chi connectivity index (χ3v) is 3.56. The largest absolute Gasteiger partial charge is 0.465 e. The number of aromatic nitrogens is 1. The van der Waals surface area contributed by atoms with E-state index >= 15 is 0 Å². The van der Waals surface area contributed by atoms with Crippen LogP contribution >= 0.6 is 0 Å². The zero-order chi connectivity index (χ0) is 16.1. The van der Waals surface area contributed by atoms with Gasteiger partial charge in [-0.2, -0.15) is 0 Å². The summed E-state index contributed by atoms with van der Waals surface area (Å²) in [7, 11) is 1.39. The second kappa shape index (κ2) is 7.03. The lowest BCUT2D eigenvalue weighted by atomic mass is 10.0. The third-order valence-electron chi connectivity index (χ3n) is 3.56. The normalized spacial score (nSPS) is 10.2. The van der Waals surface area contributed by atoms with Crippen molar-refractivity contribution in [2.45, 2.75) is 27.2 Å². The highest BCUT2D eigenvalue weighted by atomic mass is 16.5. The Morgan fingerprint density at radius 3 is 2.55 bits per heavy atom. The maximum absolute atomic E-state index is 11.9. The van der Waals surface area contributed by atoms with Gasteiger partial charge >= 0.3 is 5.97 Å². The fraction of sp³-hybridized carbons (Fsp3) is 0.263. The number of carbonyl (C=O) groups is 1. The second-order valence-electron chi connectivity index (χ2n) is 4.69. The lowest BCUT2D eigenvalue weighted by molar-refractivity contribution is 0.0603. The number of rotatable bonds is 2. The summed E-state index contributed by atoms with van der Waals surface area (Å²) in [4.78, 5) is 16.6. The molecule has 1 heterocycles. The molecule has 0 aliphatic heterocycles.